The number of hydrogen-bond acceptors (Lipinski definition) is 3. The average molecular weight is 341 g/mol. The molecule has 0 bridgehead atoms. The molecule has 1 amide bonds. The Morgan fingerprint density at radius 1 is 0.960 bits per heavy atom. The fraction of sp³-hybridized carbons (Fsp3) is 0.381. The maximum atomic E-state index is 12.6. The highest BCUT2D eigenvalue weighted by Crippen LogP contribution is 2.27. The second-order valence-corrected chi connectivity index (χ2v) is 6.51. The maximum absolute atomic E-state index is 12.6. The number of benzene rings is 2. The number of rotatable bonds is 8. The van der Waals surface area contributed by atoms with Gasteiger partial charge in [-0.3, -0.25) is 4.79 Å². The molecule has 0 aliphatic carbocycles. The summed E-state index contributed by atoms with van der Waals surface area (Å²) in [6.07, 6.45) is 0.256. The molecule has 0 unspecified atom stereocenters. The van der Waals surface area contributed by atoms with Crippen molar-refractivity contribution in [3.05, 3.63) is 60.2 Å². The molecule has 0 saturated carbocycles. The molecule has 134 valence electrons. The number of carbonyl (C=O) groups excluding carboxylic acids is 1. The lowest BCUT2D eigenvalue weighted by atomic mass is 9.97. The number of amides is 1. The van der Waals surface area contributed by atoms with E-state index in [-0.39, 0.29) is 11.9 Å². The highest BCUT2D eigenvalue weighted by atomic mass is 16.5. The highest BCUT2D eigenvalue weighted by molar-refractivity contribution is 5.81. The van der Waals surface area contributed by atoms with Crippen LogP contribution in [0, 0.1) is 5.92 Å². The number of nitrogens with one attached hydrogen (secondary N) is 1. The van der Waals surface area contributed by atoms with Crippen molar-refractivity contribution in [3.63, 3.8) is 0 Å². The van der Waals surface area contributed by atoms with Crippen LogP contribution in [0.4, 0.5) is 0 Å². The lowest BCUT2D eigenvalue weighted by Crippen LogP contribution is -2.39. The summed E-state index contributed by atoms with van der Waals surface area (Å²) >= 11 is 0. The third kappa shape index (κ3) is 5.52. The summed E-state index contributed by atoms with van der Waals surface area (Å²) in [4.78, 5) is 12.6. The Hall–Kier alpha value is -2.49. The zero-order chi connectivity index (χ0) is 18.2. The van der Waals surface area contributed by atoms with Crippen LogP contribution in [-0.2, 0) is 4.79 Å². The van der Waals surface area contributed by atoms with Crippen molar-refractivity contribution < 1.29 is 14.3 Å². The molecule has 0 aromatic heterocycles. The molecule has 4 heteroatoms. The number of hydrogen-bond donors (Lipinski definition) is 1. The zero-order valence-corrected chi connectivity index (χ0v) is 15.4. The van der Waals surface area contributed by atoms with E-state index in [2.05, 4.69) is 19.2 Å². The Kier molecular flexibility index (Phi) is 6.87. The molecule has 2 aromatic rings. The molecule has 0 saturated heterocycles. The van der Waals surface area contributed by atoms with Crippen molar-refractivity contribution in [1.29, 1.82) is 0 Å². The van der Waals surface area contributed by atoms with Gasteiger partial charge in [-0.05, 0) is 37.0 Å². The fourth-order valence-corrected chi connectivity index (χ4v) is 2.68. The first-order chi connectivity index (χ1) is 12.0. The van der Waals surface area contributed by atoms with Crippen molar-refractivity contribution in [2.24, 2.45) is 5.92 Å². The normalized spacial score (nSPS) is 13.2. The largest absolute Gasteiger partial charge is 0.493 e. The molecular weight excluding hydrogens is 314 g/mol. The van der Waals surface area contributed by atoms with E-state index in [1.165, 1.54) is 0 Å². The summed E-state index contributed by atoms with van der Waals surface area (Å²) in [5, 5.41) is 3.12. The summed E-state index contributed by atoms with van der Waals surface area (Å²) in [6, 6.07) is 17.3. The Balaban J connectivity index is 2.06. The molecule has 0 fully saturated rings. The number of para-hydroxylation sites is 2. The van der Waals surface area contributed by atoms with E-state index >= 15 is 0 Å². The van der Waals surface area contributed by atoms with Gasteiger partial charge in [0.25, 0.3) is 5.91 Å². The van der Waals surface area contributed by atoms with Gasteiger partial charge in [-0.2, -0.15) is 0 Å². The van der Waals surface area contributed by atoms with Gasteiger partial charge in [-0.1, -0.05) is 56.3 Å². The van der Waals surface area contributed by atoms with E-state index in [0.717, 1.165) is 12.0 Å². The minimum Gasteiger partial charge on any atom is -0.493 e. The summed E-state index contributed by atoms with van der Waals surface area (Å²) in [7, 11) is 1.58. The summed E-state index contributed by atoms with van der Waals surface area (Å²) < 4.78 is 11.1. The van der Waals surface area contributed by atoms with Crippen LogP contribution in [0.15, 0.2) is 54.6 Å². The molecule has 0 aliphatic rings. The minimum atomic E-state index is -0.616. The smallest absolute Gasteiger partial charge is 0.261 e. The van der Waals surface area contributed by atoms with Gasteiger partial charge >= 0.3 is 0 Å². The van der Waals surface area contributed by atoms with E-state index in [4.69, 9.17) is 9.47 Å². The van der Waals surface area contributed by atoms with Crippen LogP contribution < -0.4 is 14.8 Å². The van der Waals surface area contributed by atoms with Crippen molar-refractivity contribution >= 4 is 5.91 Å². The number of methoxy groups -OCH3 is 1. The maximum Gasteiger partial charge on any atom is 0.261 e. The van der Waals surface area contributed by atoms with Crippen molar-refractivity contribution in [2.45, 2.75) is 39.3 Å². The topological polar surface area (TPSA) is 47.6 Å². The monoisotopic (exact) mass is 341 g/mol. The number of ether oxygens (including phenoxy) is 2. The van der Waals surface area contributed by atoms with Crippen molar-refractivity contribution in [2.75, 3.05) is 7.11 Å². The van der Waals surface area contributed by atoms with Crippen LogP contribution in [0.5, 0.6) is 11.5 Å². The van der Waals surface area contributed by atoms with Gasteiger partial charge in [0, 0.05) is 0 Å². The van der Waals surface area contributed by atoms with Crippen LogP contribution >= 0.6 is 0 Å². The summed E-state index contributed by atoms with van der Waals surface area (Å²) in [6.45, 7) is 6.05. The summed E-state index contributed by atoms with van der Waals surface area (Å²) in [5.74, 6) is 1.51. The first-order valence-corrected chi connectivity index (χ1v) is 8.66. The Morgan fingerprint density at radius 2 is 1.56 bits per heavy atom. The third-order valence-electron chi connectivity index (χ3n) is 3.97. The second-order valence-electron chi connectivity index (χ2n) is 6.51. The number of carbonyl (C=O) groups is 1. The quantitative estimate of drug-likeness (QED) is 0.776. The van der Waals surface area contributed by atoms with Crippen LogP contribution in [0.3, 0.4) is 0 Å². The lowest BCUT2D eigenvalue weighted by molar-refractivity contribution is -0.128. The zero-order valence-electron chi connectivity index (χ0n) is 15.4. The van der Waals surface area contributed by atoms with Gasteiger partial charge in [0.15, 0.2) is 17.6 Å². The molecule has 2 aromatic carbocycles. The predicted molar refractivity (Wildman–Crippen MR) is 99.9 cm³/mol. The molecule has 2 rings (SSSR count). The van der Waals surface area contributed by atoms with Crippen molar-refractivity contribution in [3.8, 4) is 11.5 Å². The van der Waals surface area contributed by atoms with Gasteiger partial charge in [-0.15, -0.1) is 0 Å². The Labute approximate surface area is 150 Å². The fourth-order valence-electron chi connectivity index (χ4n) is 2.68. The van der Waals surface area contributed by atoms with E-state index in [1.807, 2.05) is 48.5 Å². The predicted octanol–water partition coefficient (Wildman–Crippen LogP) is 4.37. The van der Waals surface area contributed by atoms with Crippen LogP contribution in [-0.4, -0.2) is 19.1 Å². The lowest BCUT2D eigenvalue weighted by Gasteiger charge is -2.24. The molecular formula is C21H27NO3. The van der Waals surface area contributed by atoms with Crippen LogP contribution in [0.25, 0.3) is 0 Å². The molecule has 25 heavy (non-hydrogen) atoms. The Bertz CT molecular complexity index is 670. The third-order valence-corrected chi connectivity index (χ3v) is 3.97. The molecule has 1 N–H and O–H groups in total. The average Bonchev–Trinajstić information content (AvgIpc) is 2.62. The van der Waals surface area contributed by atoms with Gasteiger partial charge in [0.2, 0.25) is 0 Å². The van der Waals surface area contributed by atoms with Crippen LogP contribution in [0.1, 0.15) is 38.8 Å². The molecule has 0 heterocycles. The van der Waals surface area contributed by atoms with Gasteiger partial charge in [0.1, 0.15) is 0 Å². The first-order valence-electron chi connectivity index (χ1n) is 8.66. The molecule has 4 nitrogen and oxygen atoms in total. The van der Waals surface area contributed by atoms with E-state index in [0.29, 0.717) is 17.4 Å². The molecule has 2 atom stereocenters. The SMILES string of the molecule is COc1ccccc1O[C@@H](C)C(=O)N[C@H](CC(C)C)c1ccccc1. The van der Waals surface area contributed by atoms with Gasteiger partial charge in [-0.25, -0.2) is 0 Å². The van der Waals surface area contributed by atoms with Gasteiger partial charge in [0.05, 0.1) is 13.2 Å². The summed E-state index contributed by atoms with van der Waals surface area (Å²) in [5.41, 5.74) is 1.11. The standard InChI is InChI=1S/C21H27NO3/c1-15(2)14-18(17-10-6-5-7-11-17)22-21(23)16(3)25-20-13-9-8-12-19(20)24-4/h5-13,15-16,18H,14H2,1-4H3,(H,22,23)/t16-,18+/m0/s1. The first kappa shape index (κ1) is 18.8. The van der Waals surface area contributed by atoms with Crippen LogP contribution in [0.2, 0.25) is 0 Å². The molecule has 0 spiro atoms. The Morgan fingerprint density at radius 3 is 2.16 bits per heavy atom. The van der Waals surface area contributed by atoms with Gasteiger partial charge < -0.3 is 14.8 Å². The van der Waals surface area contributed by atoms with E-state index < -0.39 is 6.10 Å². The van der Waals surface area contributed by atoms with E-state index in [9.17, 15) is 4.79 Å². The molecule has 0 aliphatic heterocycles. The highest BCUT2D eigenvalue weighted by Gasteiger charge is 2.22. The van der Waals surface area contributed by atoms with Crippen molar-refractivity contribution in [1.82, 2.24) is 5.32 Å². The second kappa shape index (κ2) is 9.11. The molecule has 0 radical (unpaired) electrons. The minimum absolute atomic E-state index is 0.0302. The van der Waals surface area contributed by atoms with E-state index in [1.54, 1.807) is 20.1 Å².